The quantitative estimate of drug-likeness (QED) is 0.482. The van der Waals surface area contributed by atoms with Gasteiger partial charge in [0.2, 0.25) is 11.8 Å². The zero-order chi connectivity index (χ0) is 29.9. The second-order valence-corrected chi connectivity index (χ2v) is 10.5. The predicted molar refractivity (Wildman–Crippen MR) is 139 cm³/mol. The molecule has 0 aromatic heterocycles. The summed E-state index contributed by atoms with van der Waals surface area (Å²) in [7, 11) is 3.64. The number of urea groups is 1. The molecule has 0 saturated carbocycles. The Bertz CT molecular complexity index is 1290. The number of amides is 4. The van der Waals surface area contributed by atoms with Crippen molar-refractivity contribution in [2.75, 3.05) is 33.7 Å². The first-order chi connectivity index (χ1) is 19.4. The van der Waals surface area contributed by atoms with Gasteiger partial charge in [0.1, 0.15) is 24.7 Å². The second kappa shape index (κ2) is 12.4. The van der Waals surface area contributed by atoms with E-state index in [4.69, 9.17) is 0 Å². The molecular formula is C28H32F5N5O3. The Morgan fingerprint density at radius 1 is 1.10 bits per heavy atom. The Morgan fingerprint density at radius 3 is 2.46 bits per heavy atom. The lowest BCUT2D eigenvalue weighted by molar-refractivity contribution is -0.167. The molecule has 13 heteroatoms. The van der Waals surface area contributed by atoms with E-state index in [1.165, 1.54) is 32.9 Å². The van der Waals surface area contributed by atoms with E-state index in [9.17, 15) is 36.3 Å². The molecular weight excluding hydrogens is 549 g/mol. The molecule has 0 bridgehead atoms. The third-order valence-corrected chi connectivity index (χ3v) is 7.26. The third kappa shape index (κ3) is 6.95. The van der Waals surface area contributed by atoms with Crippen LogP contribution in [0.25, 0.3) is 0 Å². The number of benzene rings is 2. The van der Waals surface area contributed by atoms with Crippen LogP contribution in [0.4, 0.5) is 26.7 Å². The summed E-state index contributed by atoms with van der Waals surface area (Å²) in [6.45, 7) is -1.05. The SMILES string of the molecule is CN(C)CC[C@H]1C(=O)N(Cc2ccccc2F)C[C@@H]2N(C(=O)NCc3cc(CF)cc(C(F)(F)F)c3)CCC(=O)N21. The first-order valence-electron chi connectivity index (χ1n) is 13.2. The van der Waals surface area contributed by atoms with Crippen molar-refractivity contribution in [3.05, 3.63) is 70.5 Å². The smallest absolute Gasteiger partial charge is 0.334 e. The monoisotopic (exact) mass is 581 g/mol. The van der Waals surface area contributed by atoms with Crippen LogP contribution in [0.1, 0.15) is 35.1 Å². The molecule has 0 aliphatic carbocycles. The summed E-state index contributed by atoms with van der Waals surface area (Å²) in [5.74, 6) is -1.15. The number of nitrogens with zero attached hydrogens (tertiary/aromatic N) is 4. The molecule has 2 aromatic carbocycles. The number of rotatable bonds is 8. The van der Waals surface area contributed by atoms with Crippen LogP contribution in [0.15, 0.2) is 42.5 Å². The highest BCUT2D eigenvalue weighted by Crippen LogP contribution is 2.32. The number of hydrogen-bond donors (Lipinski definition) is 1. The van der Waals surface area contributed by atoms with Gasteiger partial charge in [0, 0.05) is 31.6 Å². The minimum absolute atomic E-state index is 0.0201. The first-order valence-corrected chi connectivity index (χ1v) is 13.2. The topological polar surface area (TPSA) is 76.2 Å². The van der Waals surface area contributed by atoms with E-state index in [0.717, 1.165) is 12.1 Å². The zero-order valence-corrected chi connectivity index (χ0v) is 22.8. The van der Waals surface area contributed by atoms with Gasteiger partial charge in [0.15, 0.2) is 0 Å². The largest absolute Gasteiger partial charge is 0.416 e. The van der Waals surface area contributed by atoms with Gasteiger partial charge in [-0.3, -0.25) is 9.59 Å². The van der Waals surface area contributed by atoms with Crippen LogP contribution in [-0.4, -0.2) is 83.4 Å². The predicted octanol–water partition coefficient (Wildman–Crippen LogP) is 3.75. The number of halogens is 5. The van der Waals surface area contributed by atoms with Gasteiger partial charge in [-0.25, -0.2) is 13.6 Å². The molecule has 2 aromatic rings. The van der Waals surface area contributed by atoms with Crippen LogP contribution in [0, 0.1) is 5.82 Å². The number of alkyl halides is 4. The van der Waals surface area contributed by atoms with Crippen molar-refractivity contribution in [1.29, 1.82) is 0 Å². The van der Waals surface area contributed by atoms with Crippen LogP contribution >= 0.6 is 0 Å². The van der Waals surface area contributed by atoms with Crippen molar-refractivity contribution >= 4 is 17.8 Å². The Balaban J connectivity index is 1.58. The van der Waals surface area contributed by atoms with Gasteiger partial charge in [-0.1, -0.05) is 24.3 Å². The molecule has 41 heavy (non-hydrogen) atoms. The first kappa shape index (κ1) is 30.2. The molecule has 2 saturated heterocycles. The molecule has 4 amide bonds. The summed E-state index contributed by atoms with van der Waals surface area (Å²) in [6, 6.07) is 7.29. The molecule has 2 atom stereocenters. The average molecular weight is 582 g/mol. The van der Waals surface area contributed by atoms with E-state index in [1.807, 2.05) is 19.0 Å². The molecule has 2 heterocycles. The molecule has 8 nitrogen and oxygen atoms in total. The number of piperazine rings is 1. The Kier molecular flexibility index (Phi) is 9.15. The van der Waals surface area contributed by atoms with Crippen LogP contribution in [-0.2, 0) is 35.5 Å². The number of carbonyl (C=O) groups excluding carboxylic acids is 3. The average Bonchev–Trinajstić information content (AvgIpc) is 2.92. The van der Waals surface area contributed by atoms with Crippen molar-refractivity contribution in [2.24, 2.45) is 0 Å². The fourth-order valence-electron chi connectivity index (χ4n) is 5.23. The molecule has 2 aliphatic heterocycles. The summed E-state index contributed by atoms with van der Waals surface area (Å²) in [5, 5.41) is 2.58. The molecule has 1 N–H and O–H groups in total. The summed E-state index contributed by atoms with van der Waals surface area (Å²) in [4.78, 5) is 46.1. The van der Waals surface area contributed by atoms with Gasteiger partial charge in [-0.05, 0) is 56.4 Å². The van der Waals surface area contributed by atoms with Crippen LogP contribution in [0.2, 0.25) is 0 Å². The Hall–Kier alpha value is -3.74. The van der Waals surface area contributed by atoms with E-state index in [-0.39, 0.29) is 67.5 Å². The highest BCUT2D eigenvalue weighted by atomic mass is 19.4. The van der Waals surface area contributed by atoms with Gasteiger partial charge in [-0.2, -0.15) is 13.2 Å². The summed E-state index contributed by atoms with van der Waals surface area (Å²) in [6.07, 6.45) is -5.31. The van der Waals surface area contributed by atoms with Crippen molar-refractivity contribution in [1.82, 2.24) is 24.9 Å². The maximum atomic E-state index is 14.5. The fraction of sp³-hybridized carbons (Fsp3) is 0.464. The lowest BCUT2D eigenvalue weighted by atomic mass is 10.0. The maximum absolute atomic E-state index is 14.5. The third-order valence-electron chi connectivity index (χ3n) is 7.26. The van der Waals surface area contributed by atoms with Gasteiger partial charge < -0.3 is 24.9 Å². The Labute approximate surface area is 234 Å². The van der Waals surface area contributed by atoms with Gasteiger partial charge in [-0.15, -0.1) is 0 Å². The summed E-state index contributed by atoms with van der Waals surface area (Å²) in [5.41, 5.74) is -0.844. The molecule has 0 spiro atoms. The number of fused-ring (bicyclic) bond motifs is 1. The number of nitrogens with one attached hydrogen (secondary N) is 1. The summed E-state index contributed by atoms with van der Waals surface area (Å²) < 4.78 is 67.5. The maximum Gasteiger partial charge on any atom is 0.416 e. The highest BCUT2D eigenvalue weighted by molar-refractivity contribution is 5.91. The highest BCUT2D eigenvalue weighted by Gasteiger charge is 2.48. The number of carbonyl (C=O) groups is 3. The molecule has 222 valence electrons. The van der Waals surface area contributed by atoms with E-state index >= 15 is 0 Å². The van der Waals surface area contributed by atoms with Gasteiger partial charge >= 0.3 is 12.2 Å². The molecule has 0 radical (unpaired) electrons. The van der Waals surface area contributed by atoms with Crippen LogP contribution in [0.3, 0.4) is 0 Å². The van der Waals surface area contributed by atoms with E-state index in [1.54, 1.807) is 12.1 Å². The molecule has 2 aliphatic rings. The molecule has 4 rings (SSSR count). The van der Waals surface area contributed by atoms with Crippen LogP contribution in [0.5, 0.6) is 0 Å². The van der Waals surface area contributed by atoms with Crippen LogP contribution < -0.4 is 5.32 Å². The van der Waals surface area contributed by atoms with Crippen molar-refractivity contribution in [2.45, 2.75) is 51.0 Å². The fourth-order valence-corrected chi connectivity index (χ4v) is 5.23. The lowest BCUT2D eigenvalue weighted by Crippen LogP contribution is -2.72. The van der Waals surface area contributed by atoms with Crippen molar-refractivity contribution in [3.63, 3.8) is 0 Å². The molecule has 2 fully saturated rings. The Morgan fingerprint density at radius 2 is 1.80 bits per heavy atom. The lowest BCUT2D eigenvalue weighted by Gasteiger charge is -2.52. The second-order valence-electron chi connectivity index (χ2n) is 10.5. The minimum atomic E-state index is -4.68. The minimum Gasteiger partial charge on any atom is -0.334 e. The zero-order valence-electron chi connectivity index (χ0n) is 22.8. The van der Waals surface area contributed by atoms with Crippen molar-refractivity contribution in [3.8, 4) is 0 Å². The van der Waals surface area contributed by atoms with E-state index in [2.05, 4.69) is 5.32 Å². The van der Waals surface area contributed by atoms with E-state index in [0.29, 0.717) is 6.54 Å². The standard InChI is InChI=1S/C28H32F5N5O3/c1-35(2)9-7-23-26(40)36(16-20-5-3-4-6-22(20)30)17-24-37(10-8-25(39)38(23)24)27(41)34-15-19-11-18(14-29)12-21(13-19)28(31,32)33/h3-6,11-13,23-24H,7-10,14-17H2,1-2H3,(H,34,41)/t23-,24+/m0/s1. The summed E-state index contributed by atoms with van der Waals surface area (Å²) >= 11 is 0. The molecule has 0 unspecified atom stereocenters. The number of hydrogen-bond acceptors (Lipinski definition) is 4. The normalized spacial score (nSPS) is 19.6. The van der Waals surface area contributed by atoms with E-state index < -0.39 is 42.5 Å². The van der Waals surface area contributed by atoms with Crippen molar-refractivity contribution < 1.29 is 36.3 Å². The van der Waals surface area contributed by atoms with Gasteiger partial charge in [0.05, 0.1) is 12.1 Å². The van der Waals surface area contributed by atoms with Gasteiger partial charge in [0.25, 0.3) is 0 Å².